The van der Waals surface area contributed by atoms with Crippen LogP contribution >= 0.6 is 22.6 Å². The van der Waals surface area contributed by atoms with Crippen molar-refractivity contribution in [1.29, 1.82) is 0 Å². The Morgan fingerprint density at radius 1 is 1.50 bits per heavy atom. The predicted octanol–water partition coefficient (Wildman–Crippen LogP) is 2.27. The van der Waals surface area contributed by atoms with Crippen LogP contribution in [0.15, 0.2) is 0 Å². The second kappa shape index (κ2) is 3.84. The summed E-state index contributed by atoms with van der Waals surface area (Å²) in [5, 5.41) is 0. The van der Waals surface area contributed by atoms with Crippen molar-refractivity contribution >= 4 is 30.9 Å². The van der Waals surface area contributed by atoms with Crippen LogP contribution in [-0.2, 0) is 4.43 Å². The Kier molecular flexibility index (Phi) is 4.28. The van der Waals surface area contributed by atoms with E-state index in [1.165, 1.54) is 10.5 Å². The molecule has 0 aliphatic rings. The molecule has 0 spiro atoms. The molecule has 0 bridgehead atoms. The van der Waals surface area contributed by atoms with E-state index in [2.05, 4.69) is 35.7 Å². The minimum Gasteiger partial charge on any atom is -0.420 e. The maximum atomic E-state index is 5.31. The van der Waals surface area contributed by atoms with Crippen molar-refractivity contribution < 1.29 is 4.43 Å². The molecule has 0 aliphatic carbocycles. The summed E-state index contributed by atoms with van der Waals surface area (Å²) in [5.41, 5.74) is 0. The van der Waals surface area contributed by atoms with Crippen LogP contribution in [0.2, 0.25) is 19.1 Å². The highest BCUT2D eigenvalue weighted by Crippen LogP contribution is 2.10. The summed E-state index contributed by atoms with van der Waals surface area (Å²) in [6.07, 6.45) is 0. The highest BCUT2D eigenvalue weighted by Gasteiger charge is 2.18. The van der Waals surface area contributed by atoms with Gasteiger partial charge in [-0.3, -0.25) is 0 Å². The molecular weight excluding hydrogens is 231 g/mol. The fraction of sp³-hybridized carbons (Fsp3) is 1.00. The fourth-order valence-corrected chi connectivity index (χ4v) is 4.89. The van der Waals surface area contributed by atoms with Gasteiger partial charge in [-0.05, 0) is 23.6 Å². The Hall–Kier alpha value is 0.907. The molecule has 0 saturated carbocycles. The molecule has 50 valence electrons. The van der Waals surface area contributed by atoms with Gasteiger partial charge in [0.15, 0.2) is 8.32 Å². The topological polar surface area (TPSA) is 9.23 Å². The van der Waals surface area contributed by atoms with E-state index >= 15 is 0 Å². The first-order valence-corrected chi connectivity index (χ1v) is 7.37. The Balaban J connectivity index is 3.37. The number of alkyl halides is 1. The maximum absolute atomic E-state index is 5.31. The van der Waals surface area contributed by atoms with Crippen LogP contribution in [0.4, 0.5) is 0 Å². The number of hydrogen-bond acceptors (Lipinski definition) is 1. The van der Waals surface area contributed by atoms with Gasteiger partial charge in [0.2, 0.25) is 0 Å². The zero-order valence-electron chi connectivity index (χ0n) is 5.70. The van der Waals surface area contributed by atoms with Gasteiger partial charge in [-0.25, -0.2) is 0 Å². The lowest BCUT2D eigenvalue weighted by Crippen LogP contribution is -2.28. The maximum Gasteiger partial charge on any atom is 0.186 e. The Labute approximate surface area is 66.1 Å². The normalized spacial score (nSPS) is 12.0. The van der Waals surface area contributed by atoms with Gasteiger partial charge in [0.25, 0.3) is 0 Å². The molecule has 0 heterocycles. The van der Waals surface area contributed by atoms with Gasteiger partial charge in [-0.1, -0.05) is 22.6 Å². The summed E-state index contributed by atoms with van der Waals surface area (Å²) in [6.45, 7) is 4.48. The molecule has 0 saturated heterocycles. The highest BCUT2D eigenvalue weighted by molar-refractivity contribution is 14.1. The highest BCUT2D eigenvalue weighted by atomic mass is 127. The first-order valence-electron chi connectivity index (χ1n) is 2.73. The largest absolute Gasteiger partial charge is 0.420 e. The summed E-state index contributed by atoms with van der Waals surface area (Å²) >= 11 is 2.39. The van der Waals surface area contributed by atoms with Crippen LogP contribution in [0.3, 0.4) is 0 Å². The van der Waals surface area contributed by atoms with Crippen molar-refractivity contribution in [3.8, 4) is 0 Å². The van der Waals surface area contributed by atoms with Gasteiger partial charge < -0.3 is 4.43 Å². The fourth-order valence-electron chi connectivity index (χ4n) is 0.330. The standard InChI is InChI=1S/C5H13IOSi/c1-7-8(2,3)5-4-6/h4-5H2,1-3H3. The number of hydrogen-bond donors (Lipinski definition) is 0. The number of rotatable bonds is 3. The van der Waals surface area contributed by atoms with E-state index in [0.717, 1.165) is 0 Å². The molecule has 0 aromatic carbocycles. The Morgan fingerprint density at radius 3 is 2.12 bits per heavy atom. The third-order valence-electron chi connectivity index (χ3n) is 1.25. The molecule has 0 aromatic rings. The van der Waals surface area contributed by atoms with Crippen molar-refractivity contribution in [3.63, 3.8) is 0 Å². The van der Waals surface area contributed by atoms with E-state index < -0.39 is 8.32 Å². The van der Waals surface area contributed by atoms with Crippen LogP contribution in [0.1, 0.15) is 0 Å². The van der Waals surface area contributed by atoms with Gasteiger partial charge in [-0.2, -0.15) is 0 Å². The monoisotopic (exact) mass is 244 g/mol. The van der Waals surface area contributed by atoms with Gasteiger partial charge in [-0.15, -0.1) is 0 Å². The average molecular weight is 244 g/mol. The molecule has 0 aromatic heterocycles. The molecule has 0 fully saturated rings. The lowest BCUT2D eigenvalue weighted by molar-refractivity contribution is 0.405. The third kappa shape index (κ3) is 3.85. The zero-order chi connectivity index (χ0) is 6.62. The minimum atomic E-state index is -1.18. The molecule has 0 radical (unpaired) electrons. The summed E-state index contributed by atoms with van der Waals surface area (Å²) in [4.78, 5) is 0. The minimum absolute atomic E-state index is 1.18. The van der Waals surface area contributed by atoms with E-state index in [-0.39, 0.29) is 0 Å². The van der Waals surface area contributed by atoms with Gasteiger partial charge in [0, 0.05) is 7.11 Å². The molecule has 0 N–H and O–H groups in total. The zero-order valence-corrected chi connectivity index (χ0v) is 8.86. The van der Waals surface area contributed by atoms with E-state index in [4.69, 9.17) is 4.43 Å². The quantitative estimate of drug-likeness (QED) is 0.420. The molecule has 0 atom stereocenters. The van der Waals surface area contributed by atoms with E-state index in [1.807, 2.05) is 7.11 Å². The second-order valence-corrected chi connectivity index (χ2v) is 7.91. The average Bonchev–Trinajstić information content (AvgIpc) is 1.67. The molecule has 0 aliphatic heterocycles. The first kappa shape index (κ1) is 8.91. The van der Waals surface area contributed by atoms with E-state index in [0.29, 0.717) is 0 Å². The molecule has 1 nitrogen and oxygen atoms in total. The van der Waals surface area contributed by atoms with Crippen molar-refractivity contribution in [3.05, 3.63) is 0 Å². The van der Waals surface area contributed by atoms with Gasteiger partial charge in [0.05, 0.1) is 0 Å². The summed E-state index contributed by atoms with van der Waals surface area (Å²) in [5.74, 6) is 0. The lowest BCUT2D eigenvalue weighted by atomic mass is 11.0. The molecule has 0 amide bonds. The summed E-state index contributed by atoms with van der Waals surface area (Å²) in [6, 6.07) is 1.27. The summed E-state index contributed by atoms with van der Waals surface area (Å²) < 4.78 is 6.54. The molecule has 0 unspecified atom stereocenters. The van der Waals surface area contributed by atoms with Gasteiger partial charge in [0.1, 0.15) is 0 Å². The second-order valence-electron chi connectivity index (χ2n) is 2.40. The van der Waals surface area contributed by atoms with Crippen LogP contribution in [0.25, 0.3) is 0 Å². The van der Waals surface area contributed by atoms with Crippen molar-refractivity contribution in [1.82, 2.24) is 0 Å². The Bertz CT molecular complexity index is 65.4. The van der Waals surface area contributed by atoms with Crippen LogP contribution < -0.4 is 0 Å². The van der Waals surface area contributed by atoms with Crippen LogP contribution in [0, 0.1) is 0 Å². The first-order chi connectivity index (χ1) is 3.62. The molecular formula is C5H13IOSi. The third-order valence-corrected chi connectivity index (χ3v) is 5.37. The van der Waals surface area contributed by atoms with E-state index in [9.17, 15) is 0 Å². The molecule has 8 heavy (non-hydrogen) atoms. The van der Waals surface area contributed by atoms with Crippen molar-refractivity contribution in [2.45, 2.75) is 19.1 Å². The smallest absolute Gasteiger partial charge is 0.186 e. The van der Waals surface area contributed by atoms with Gasteiger partial charge >= 0.3 is 0 Å². The SMILES string of the molecule is CO[Si](C)(C)CCI. The van der Waals surface area contributed by atoms with Crippen molar-refractivity contribution in [2.24, 2.45) is 0 Å². The van der Waals surface area contributed by atoms with Crippen LogP contribution in [-0.4, -0.2) is 19.9 Å². The number of halogens is 1. The van der Waals surface area contributed by atoms with Crippen LogP contribution in [0.5, 0.6) is 0 Å². The molecule has 3 heteroatoms. The van der Waals surface area contributed by atoms with E-state index in [1.54, 1.807) is 0 Å². The lowest BCUT2D eigenvalue weighted by Gasteiger charge is -2.17. The van der Waals surface area contributed by atoms with Crippen molar-refractivity contribution in [2.75, 3.05) is 11.5 Å². The predicted molar refractivity (Wildman–Crippen MR) is 48.2 cm³/mol. The molecule has 0 rings (SSSR count). The Morgan fingerprint density at radius 2 is 2.00 bits per heavy atom. The summed E-state index contributed by atoms with van der Waals surface area (Å²) in [7, 11) is 0.633.